The van der Waals surface area contributed by atoms with E-state index in [-0.39, 0.29) is 6.42 Å². The van der Waals surface area contributed by atoms with Crippen molar-refractivity contribution in [1.82, 2.24) is 16.0 Å². The fraction of sp³-hybridized carbons (Fsp3) is 0.625. The average molecular weight is 558 g/mol. The molecule has 0 spiro atoms. The molecule has 3 amide bonds. The molecule has 218 valence electrons. The van der Waals surface area contributed by atoms with Gasteiger partial charge in [0, 0.05) is 20.8 Å². The van der Waals surface area contributed by atoms with Crippen LogP contribution >= 0.6 is 0 Å². The van der Waals surface area contributed by atoms with E-state index < -0.39 is 91.2 Å². The van der Waals surface area contributed by atoms with Gasteiger partial charge in [-0.2, -0.15) is 0 Å². The van der Waals surface area contributed by atoms with Gasteiger partial charge in [-0.25, -0.2) is 4.79 Å². The zero-order valence-electron chi connectivity index (χ0n) is 22.6. The largest absolute Gasteiger partial charge is 0.467 e. The van der Waals surface area contributed by atoms with E-state index in [9.17, 15) is 33.6 Å². The fourth-order valence-electron chi connectivity index (χ4n) is 3.61. The van der Waals surface area contributed by atoms with E-state index in [1.807, 2.05) is 0 Å². The Balaban J connectivity index is 2.69. The molecule has 0 saturated carbocycles. The van der Waals surface area contributed by atoms with Gasteiger partial charge in [0.25, 0.3) is 0 Å². The molecule has 1 saturated heterocycles. The summed E-state index contributed by atoms with van der Waals surface area (Å²) < 4.78 is 26.2. The van der Waals surface area contributed by atoms with Gasteiger partial charge < -0.3 is 39.6 Å². The van der Waals surface area contributed by atoms with Crippen molar-refractivity contribution >= 4 is 41.6 Å². The number of amides is 3. The van der Waals surface area contributed by atoms with Crippen molar-refractivity contribution < 1.29 is 57.2 Å². The number of methoxy groups -OCH3 is 1. The zero-order valence-corrected chi connectivity index (χ0v) is 22.6. The lowest BCUT2D eigenvalue weighted by Gasteiger charge is -2.43. The molecular formula is C24H35N3O12. The van der Waals surface area contributed by atoms with Crippen molar-refractivity contribution in [2.24, 2.45) is 0 Å². The summed E-state index contributed by atoms with van der Waals surface area (Å²) in [5.74, 6) is -4.60. The molecule has 0 radical (unpaired) electrons. The Morgan fingerprint density at radius 3 is 1.92 bits per heavy atom. The van der Waals surface area contributed by atoms with Crippen LogP contribution in [0.3, 0.4) is 0 Å². The van der Waals surface area contributed by atoms with Gasteiger partial charge in [-0.15, -0.1) is 0 Å². The van der Waals surface area contributed by atoms with Gasteiger partial charge in [-0.05, 0) is 26.3 Å². The fourth-order valence-corrected chi connectivity index (χ4v) is 3.61. The molecule has 1 heterocycles. The molecule has 6 atom stereocenters. The quantitative estimate of drug-likeness (QED) is 0.141. The SMILES string of the molecule is COC(=O)[C@H](C)NC(=O)CNC(=O)CNC(=O)/C=C/C[C@@H]1O[C@@H](C)[C@@H](OC(C)=O)[C@@H](OC(C)=O)[C@@H]1OC(C)=O. The highest BCUT2D eigenvalue weighted by atomic mass is 16.6. The highest BCUT2D eigenvalue weighted by Gasteiger charge is 2.49. The van der Waals surface area contributed by atoms with Gasteiger partial charge in [0.2, 0.25) is 17.7 Å². The number of ether oxygens (including phenoxy) is 5. The molecule has 0 aliphatic carbocycles. The lowest BCUT2D eigenvalue weighted by molar-refractivity contribution is -0.242. The first kappa shape index (κ1) is 33.0. The predicted molar refractivity (Wildman–Crippen MR) is 130 cm³/mol. The van der Waals surface area contributed by atoms with Crippen LogP contribution in [0.1, 0.15) is 41.0 Å². The van der Waals surface area contributed by atoms with Crippen molar-refractivity contribution in [2.75, 3.05) is 20.2 Å². The van der Waals surface area contributed by atoms with E-state index in [1.165, 1.54) is 27.0 Å². The Labute approximate surface area is 225 Å². The molecular weight excluding hydrogens is 522 g/mol. The number of carbonyl (C=O) groups excluding carboxylic acids is 7. The number of esters is 4. The number of hydrogen-bond donors (Lipinski definition) is 3. The molecule has 15 heteroatoms. The number of nitrogens with one attached hydrogen (secondary N) is 3. The molecule has 3 N–H and O–H groups in total. The molecule has 0 aromatic heterocycles. The van der Waals surface area contributed by atoms with Crippen LogP contribution in [0.5, 0.6) is 0 Å². The molecule has 1 aliphatic heterocycles. The van der Waals surface area contributed by atoms with Crippen LogP contribution in [0.15, 0.2) is 12.2 Å². The second-order valence-electron chi connectivity index (χ2n) is 8.55. The van der Waals surface area contributed by atoms with Gasteiger partial charge >= 0.3 is 23.9 Å². The Hall–Kier alpha value is -4.01. The Bertz CT molecular complexity index is 966. The van der Waals surface area contributed by atoms with E-state index in [0.717, 1.165) is 19.9 Å². The summed E-state index contributed by atoms with van der Waals surface area (Å²) in [5.41, 5.74) is 0. The number of carbonyl (C=O) groups is 7. The summed E-state index contributed by atoms with van der Waals surface area (Å²) in [6.07, 6.45) is -2.38. The summed E-state index contributed by atoms with van der Waals surface area (Å²) in [7, 11) is 1.17. The number of hydrogen-bond acceptors (Lipinski definition) is 12. The van der Waals surface area contributed by atoms with Gasteiger partial charge in [-0.3, -0.25) is 28.8 Å². The summed E-state index contributed by atoms with van der Waals surface area (Å²) in [5, 5.41) is 6.95. The van der Waals surface area contributed by atoms with Crippen molar-refractivity contribution in [3.05, 3.63) is 12.2 Å². The van der Waals surface area contributed by atoms with Crippen LogP contribution in [0, 0.1) is 0 Å². The minimum Gasteiger partial charge on any atom is -0.467 e. The highest BCUT2D eigenvalue weighted by molar-refractivity contribution is 5.92. The Morgan fingerprint density at radius 1 is 0.821 bits per heavy atom. The van der Waals surface area contributed by atoms with Crippen LogP contribution in [-0.2, 0) is 57.2 Å². The molecule has 1 aliphatic rings. The molecule has 15 nitrogen and oxygen atoms in total. The monoisotopic (exact) mass is 557 g/mol. The Morgan fingerprint density at radius 2 is 1.36 bits per heavy atom. The third-order valence-corrected chi connectivity index (χ3v) is 5.21. The maximum absolute atomic E-state index is 12.1. The van der Waals surface area contributed by atoms with E-state index in [4.69, 9.17) is 18.9 Å². The molecule has 0 aromatic rings. The average Bonchev–Trinajstić information content (AvgIpc) is 2.84. The Kier molecular flexibility index (Phi) is 13.6. The van der Waals surface area contributed by atoms with Crippen molar-refractivity contribution in [1.29, 1.82) is 0 Å². The normalized spacial score (nSPS) is 23.1. The third-order valence-electron chi connectivity index (χ3n) is 5.21. The lowest BCUT2D eigenvalue weighted by Crippen LogP contribution is -2.60. The van der Waals surface area contributed by atoms with Crippen LogP contribution in [0.4, 0.5) is 0 Å². The van der Waals surface area contributed by atoms with E-state index >= 15 is 0 Å². The van der Waals surface area contributed by atoms with Crippen molar-refractivity contribution in [3.8, 4) is 0 Å². The van der Waals surface area contributed by atoms with Crippen LogP contribution in [0.2, 0.25) is 0 Å². The first-order valence-electron chi connectivity index (χ1n) is 12.0. The first-order valence-corrected chi connectivity index (χ1v) is 12.0. The lowest BCUT2D eigenvalue weighted by atomic mass is 9.93. The van der Waals surface area contributed by atoms with Gasteiger partial charge in [0.15, 0.2) is 18.3 Å². The topological polar surface area (TPSA) is 202 Å². The summed E-state index contributed by atoms with van der Waals surface area (Å²) in [6.45, 7) is 5.63. The number of rotatable bonds is 12. The molecule has 0 aromatic carbocycles. The van der Waals surface area contributed by atoms with Gasteiger partial charge in [0.05, 0.1) is 26.3 Å². The summed E-state index contributed by atoms with van der Waals surface area (Å²) in [6, 6.07) is -0.891. The maximum atomic E-state index is 12.1. The minimum atomic E-state index is -1.15. The predicted octanol–water partition coefficient (Wildman–Crippen LogP) is -1.57. The zero-order chi connectivity index (χ0) is 29.7. The van der Waals surface area contributed by atoms with E-state index in [2.05, 4.69) is 20.7 Å². The third kappa shape index (κ3) is 11.9. The first-order chi connectivity index (χ1) is 18.2. The van der Waals surface area contributed by atoms with Gasteiger partial charge in [-0.1, -0.05) is 6.08 Å². The van der Waals surface area contributed by atoms with Crippen LogP contribution < -0.4 is 16.0 Å². The summed E-state index contributed by atoms with van der Waals surface area (Å²) in [4.78, 5) is 82.1. The highest BCUT2D eigenvalue weighted by Crippen LogP contribution is 2.30. The minimum absolute atomic E-state index is 0.0327. The standard InChI is InChI=1S/C24H35N3O12/c1-12(24(34)35-6)27-20(33)11-26-19(32)10-25-18(31)9-7-8-17-22(38-15(4)29)23(39-16(5)30)21(13(2)36-17)37-14(3)28/h7,9,12-13,17,21-23H,8,10-11H2,1-6H3,(H,25,31)(H,26,32)(H,27,33)/b9-7+/t12-,13-,17-,21+,22+,23+/m0/s1. The van der Waals surface area contributed by atoms with Gasteiger partial charge in [0.1, 0.15) is 12.1 Å². The van der Waals surface area contributed by atoms with E-state index in [0.29, 0.717) is 0 Å². The van der Waals surface area contributed by atoms with Crippen molar-refractivity contribution in [2.45, 2.75) is 77.6 Å². The second-order valence-corrected chi connectivity index (χ2v) is 8.55. The van der Waals surface area contributed by atoms with Crippen LogP contribution in [-0.4, -0.2) is 98.4 Å². The maximum Gasteiger partial charge on any atom is 0.328 e. The second kappa shape index (κ2) is 16.1. The van der Waals surface area contributed by atoms with Crippen LogP contribution in [0.25, 0.3) is 0 Å². The smallest absolute Gasteiger partial charge is 0.328 e. The molecule has 1 fully saturated rings. The molecule has 0 unspecified atom stereocenters. The molecule has 1 rings (SSSR count). The summed E-state index contributed by atoms with van der Waals surface area (Å²) >= 11 is 0. The molecule has 0 bridgehead atoms. The van der Waals surface area contributed by atoms with E-state index in [1.54, 1.807) is 6.92 Å². The molecule has 39 heavy (non-hydrogen) atoms. The van der Waals surface area contributed by atoms with Crippen molar-refractivity contribution in [3.63, 3.8) is 0 Å².